The van der Waals surface area contributed by atoms with E-state index in [1.54, 1.807) is 0 Å². The van der Waals surface area contributed by atoms with Gasteiger partial charge < -0.3 is 16.6 Å². The molecule has 5 N–H and O–H groups in total. The lowest BCUT2D eigenvalue weighted by molar-refractivity contribution is -0.123. The molecule has 266 valence electrons. The number of rotatable bonds is 17. The number of nitrogen functional groups attached to an aromatic ring is 1. The van der Waals surface area contributed by atoms with Crippen LogP contribution in [-0.2, 0) is 34.3 Å². The molecule has 1 amide bonds. The second kappa shape index (κ2) is 17.2. The first-order chi connectivity index (χ1) is 24.0. The third kappa shape index (κ3) is 9.58. The summed E-state index contributed by atoms with van der Waals surface area (Å²) in [6, 6.07) is 33.5. The van der Waals surface area contributed by atoms with Crippen LogP contribution in [0, 0.1) is 5.92 Å². The Morgan fingerprint density at radius 2 is 1.32 bits per heavy atom. The highest BCUT2D eigenvalue weighted by molar-refractivity contribution is 7.89. The van der Waals surface area contributed by atoms with Gasteiger partial charge in [0.25, 0.3) is 0 Å². The van der Waals surface area contributed by atoms with Gasteiger partial charge in [-0.3, -0.25) is 14.6 Å². The quantitative estimate of drug-likeness (QED) is 0.129. The third-order valence-corrected chi connectivity index (χ3v) is 11.2. The molecule has 1 fully saturated rings. The zero-order valence-electron chi connectivity index (χ0n) is 29.1. The number of aliphatic hydroxyl groups excluding tert-OH is 1. The summed E-state index contributed by atoms with van der Waals surface area (Å²) >= 11 is 0. The van der Waals surface area contributed by atoms with E-state index in [1.165, 1.54) is 22.5 Å². The van der Waals surface area contributed by atoms with Crippen LogP contribution in [0.25, 0.3) is 0 Å². The molecule has 0 bridgehead atoms. The first-order valence-corrected chi connectivity index (χ1v) is 18.9. The van der Waals surface area contributed by atoms with Gasteiger partial charge in [0.05, 0.1) is 11.0 Å². The maximum atomic E-state index is 14.5. The van der Waals surface area contributed by atoms with Crippen LogP contribution in [0.2, 0.25) is 0 Å². The van der Waals surface area contributed by atoms with Crippen LogP contribution >= 0.6 is 0 Å². The molecule has 50 heavy (non-hydrogen) atoms. The summed E-state index contributed by atoms with van der Waals surface area (Å²) in [4.78, 5) is 16.9. The van der Waals surface area contributed by atoms with Crippen molar-refractivity contribution in [1.29, 1.82) is 0 Å². The van der Waals surface area contributed by atoms with Crippen molar-refractivity contribution in [2.45, 2.75) is 69.3 Å². The maximum Gasteiger partial charge on any atom is 0.243 e. The fourth-order valence-corrected chi connectivity index (χ4v) is 8.59. The van der Waals surface area contributed by atoms with E-state index in [4.69, 9.17) is 11.5 Å². The van der Waals surface area contributed by atoms with Gasteiger partial charge >= 0.3 is 0 Å². The van der Waals surface area contributed by atoms with Crippen LogP contribution < -0.4 is 11.5 Å². The van der Waals surface area contributed by atoms with E-state index in [1.807, 2.05) is 85.5 Å². The van der Waals surface area contributed by atoms with Crippen LogP contribution in [0.1, 0.15) is 55.0 Å². The number of hydrogen-bond acceptors (Lipinski definition) is 7. The van der Waals surface area contributed by atoms with Crippen LogP contribution in [0.4, 0.5) is 5.69 Å². The van der Waals surface area contributed by atoms with Gasteiger partial charge in [-0.2, -0.15) is 4.31 Å². The molecule has 1 saturated heterocycles. The predicted molar refractivity (Wildman–Crippen MR) is 199 cm³/mol. The molecule has 0 spiro atoms. The number of nitrogens with zero attached hydrogens (tertiary/aromatic N) is 3. The Morgan fingerprint density at radius 1 is 0.800 bits per heavy atom. The molecule has 1 aliphatic heterocycles. The van der Waals surface area contributed by atoms with Gasteiger partial charge in [0.15, 0.2) is 0 Å². The van der Waals surface area contributed by atoms with Gasteiger partial charge in [-0.15, -0.1) is 0 Å². The molecule has 0 saturated carbocycles. The van der Waals surface area contributed by atoms with Crippen LogP contribution in [0.5, 0.6) is 0 Å². The first-order valence-electron chi connectivity index (χ1n) is 17.5. The number of carbonyl (C=O) groups excluding carboxylic acids is 1. The fourth-order valence-electron chi connectivity index (χ4n) is 6.93. The van der Waals surface area contributed by atoms with Gasteiger partial charge in [0, 0.05) is 43.5 Å². The van der Waals surface area contributed by atoms with Crippen molar-refractivity contribution in [2.24, 2.45) is 11.7 Å². The Balaban J connectivity index is 1.51. The minimum absolute atomic E-state index is 0.0185. The molecule has 0 aliphatic carbocycles. The van der Waals surface area contributed by atoms with E-state index in [9.17, 15) is 18.3 Å². The van der Waals surface area contributed by atoms with Crippen molar-refractivity contribution < 1.29 is 18.3 Å². The lowest BCUT2D eigenvalue weighted by atomic mass is 9.97. The summed E-state index contributed by atoms with van der Waals surface area (Å²) in [7, 11) is -4.13. The molecule has 1 unspecified atom stereocenters. The number of aliphatic hydroxyl groups is 1. The van der Waals surface area contributed by atoms with Gasteiger partial charge in [-0.1, -0.05) is 105 Å². The average Bonchev–Trinajstić information content (AvgIpc) is 3.63. The molecule has 1 heterocycles. The Morgan fingerprint density at radius 3 is 1.82 bits per heavy atom. The highest BCUT2D eigenvalue weighted by atomic mass is 32.2. The van der Waals surface area contributed by atoms with Gasteiger partial charge in [0.1, 0.15) is 6.04 Å². The van der Waals surface area contributed by atoms with E-state index < -0.39 is 34.1 Å². The summed E-state index contributed by atoms with van der Waals surface area (Å²) in [5, 5.41) is 12.3. The molecule has 4 aromatic rings. The summed E-state index contributed by atoms with van der Waals surface area (Å²) in [5.41, 5.74) is 16.2. The Labute approximate surface area is 297 Å². The Hall–Kier alpha value is -4.06. The summed E-state index contributed by atoms with van der Waals surface area (Å²) in [6.07, 6.45) is 1.32. The monoisotopic (exact) mass is 697 g/mol. The van der Waals surface area contributed by atoms with Crippen molar-refractivity contribution in [3.05, 3.63) is 131 Å². The number of benzene rings is 4. The molecular weight excluding hydrogens is 647 g/mol. The molecule has 10 heteroatoms. The Kier molecular flexibility index (Phi) is 12.8. The lowest BCUT2D eigenvalue weighted by Crippen LogP contribution is -2.50. The molecular formula is C40H51N5O4S. The van der Waals surface area contributed by atoms with E-state index in [-0.39, 0.29) is 23.9 Å². The minimum atomic E-state index is -4.13. The first kappa shape index (κ1) is 37.2. The average molecular weight is 698 g/mol. The van der Waals surface area contributed by atoms with Crippen molar-refractivity contribution in [3.63, 3.8) is 0 Å². The fraction of sp³-hybridized carbons (Fsp3) is 0.375. The van der Waals surface area contributed by atoms with Crippen molar-refractivity contribution in [1.82, 2.24) is 14.1 Å². The van der Waals surface area contributed by atoms with Crippen molar-refractivity contribution in [3.8, 4) is 0 Å². The second-order valence-corrected chi connectivity index (χ2v) is 15.7. The number of primary amides is 1. The zero-order chi connectivity index (χ0) is 35.7. The van der Waals surface area contributed by atoms with E-state index >= 15 is 0 Å². The molecule has 9 nitrogen and oxygen atoms in total. The van der Waals surface area contributed by atoms with Crippen LogP contribution in [0.15, 0.2) is 114 Å². The standard InChI is InChI=1S/C40H51N5O4S/c1-30(2)26-45(50(48,49)34-20-21-36(41)35(25-34)39(40(42)47)43-22-12-13-23-43)29-38(46)37(24-31-14-6-3-7-15-31)44(27-32-16-8-4-9-17-32)28-33-18-10-5-11-19-33/h3-11,14-21,25,30,37-39,46H,12-13,22-24,26-29,41H2,1-2H3,(H2,42,47)/t37-,38+,39?/m0/s1. The smallest absolute Gasteiger partial charge is 0.243 e. The normalized spacial score (nSPS) is 15.8. The number of likely N-dealkylation sites (tertiary alicyclic amines) is 1. The maximum absolute atomic E-state index is 14.5. The minimum Gasteiger partial charge on any atom is -0.398 e. The van der Waals surface area contributed by atoms with Gasteiger partial charge in [-0.25, -0.2) is 8.42 Å². The number of nitrogens with two attached hydrogens (primary N) is 2. The number of carbonyl (C=O) groups is 1. The van der Waals surface area contributed by atoms with E-state index in [2.05, 4.69) is 29.2 Å². The number of anilines is 1. The van der Waals surface area contributed by atoms with Crippen molar-refractivity contribution in [2.75, 3.05) is 31.9 Å². The number of sulfonamides is 1. The topological polar surface area (TPSA) is 133 Å². The summed E-state index contributed by atoms with van der Waals surface area (Å²) in [5.74, 6) is -0.589. The molecule has 0 aromatic heterocycles. The third-order valence-electron chi connectivity index (χ3n) is 9.38. The Bertz CT molecular complexity index is 1730. The molecule has 3 atom stereocenters. The highest BCUT2D eigenvalue weighted by Crippen LogP contribution is 2.32. The van der Waals surface area contributed by atoms with Gasteiger partial charge in [-0.05, 0) is 73.2 Å². The molecule has 4 aromatic carbocycles. The molecule has 1 aliphatic rings. The second-order valence-electron chi connectivity index (χ2n) is 13.8. The lowest BCUT2D eigenvalue weighted by Gasteiger charge is -2.37. The highest BCUT2D eigenvalue weighted by Gasteiger charge is 2.35. The van der Waals surface area contributed by atoms with Crippen LogP contribution in [0.3, 0.4) is 0 Å². The van der Waals surface area contributed by atoms with Crippen LogP contribution in [-0.4, -0.2) is 71.9 Å². The SMILES string of the molecule is CC(C)CN(C[C@@H](O)[C@H](Cc1ccccc1)N(Cc1ccccc1)Cc1ccccc1)S(=O)(=O)c1ccc(N)c(C(C(N)=O)N2CCCC2)c1. The molecule has 0 radical (unpaired) electrons. The van der Waals surface area contributed by atoms with E-state index in [0.29, 0.717) is 43.9 Å². The summed E-state index contributed by atoms with van der Waals surface area (Å²) in [6.45, 7) is 6.48. The molecule has 5 rings (SSSR count). The van der Waals surface area contributed by atoms with E-state index in [0.717, 1.165) is 29.5 Å². The van der Waals surface area contributed by atoms with Crippen molar-refractivity contribution >= 4 is 21.6 Å². The summed E-state index contributed by atoms with van der Waals surface area (Å²) < 4.78 is 30.5. The van der Waals surface area contributed by atoms with Gasteiger partial charge in [0.2, 0.25) is 15.9 Å². The zero-order valence-corrected chi connectivity index (χ0v) is 30.0. The largest absolute Gasteiger partial charge is 0.398 e. The predicted octanol–water partition coefficient (Wildman–Crippen LogP) is 5.21. The number of amides is 1. The number of hydrogen-bond donors (Lipinski definition) is 3.